The number of alkyl halides is 3. The molecule has 5 heteroatoms. The molecule has 0 aliphatic heterocycles. The smallest absolute Gasteiger partial charge is 0.266 e. The number of carbonyl (C=O) groups is 1. The van der Waals surface area contributed by atoms with Gasteiger partial charge in [-0.3, -0.25) is 4.79 Å². The molecule has 0 spiro atoms. The number of fused-ring (bicyclic) bond motifs is 5. The van der Waals surface area contributed by atoms with Crippen molar-refractivity contribution in [1.82, 2.24) is 0 Å². The van der Waals surface area contributed by atoms with Gasteiger partial charge in [0.25, 0.3) is 6.43 Å². The molecule has 142 valence electrons. The van der Waals surface area contributed by atoms with Crippen LogP contribution in [0.15, 0.2) is 0 Å². The first-order chi connectivity index (χ1) is 11.9. The summed E-state index contributed by atoms with van der Waals surface area (Å²) in [5, 5.41) is 10.7. The van der Waals surface area contributed by atoms with Gasteiger partial charge in [-0.2, -0.15) is 0 Å². The highest BCUT2D eigenvalue weighted by Gasteiger charge is 2.55. The van der Waals surface area contributed by atoms with E-state index in [0.717, 1.165) is 38.5 Å². The van der Waals surface area contributed by atoms with E-state index in [4.69, 9.17) is 0 Å². The molecule has 25 heavy (non-hydrogen) atoms. The summed E-state index contributed by atoms with van der Waals surface area (Å²) in [5.41, 5.74) is -1.74. The Morgan fingerprint density at radius 2 is 1.56 bits per heavy atom. The van der Waals surface area contributed by atoms with E-state index >= 15 is 0 Å². The van der Waals surface area contributed by atoms with Gasteiger partial charge in [0.2, 0.25) is 0 Å². The van der Waals surface area contributed by atoms with E-state index in [1.54, 1.807) is 0 Å². The van der Waals surface area contributed by atoms with Crippen LogP contribution in [0.25, 0.3) is 0 Å². The Balaban J connectivity index is 1.47. The minimum absolute atomic E-state index is 0.248. The fourth-order valence-corrected chi connectivity index (χ4v) is 7.68. The van der Waals surface area contributed by atoms with Gasteiger partial charge in [0.05, 0.1) is 5.33 Å². The third-order valence-corrected chi connectivity index (χ3v) is 8.87. The Hall–Kier alpha value is -0.0300. The topological polar surface area (TPSA) is 37.3 Å². The molecular formula is C20H29BrF2O2. The lowest BCUT2D eigenvalue weighted by Gasteiger charge is -2.54. The minimum Gasteiger partial charge on any atom is -0.384 e. The molecule has 0 heterocycles. The predicted molar refractivity (Wildman–Crippen MR) is 95.7 cm³/mol. The number of ketones is 1. The number of carbonyl (C=O) groups excluding carboxylic acids is 1. The number of aliphatic hydroxyl groups is 1. The zero-order chi connectivity index (χ0) is 17.8. The molecule has 0 amide bonds. The molecule has 0 saturated heterocycles. The molecule has 4 aliphatic rings. The number of hydrogen-bond donors (Lipinski definition) is 1. The molecule has 8 atom stereocenters. The van der Waals surface area contributed by atoms with Crippen molar-refractivity contribution in [2.24, 2.45) is 41.4 Å². The molecule has 0 aromatic carbocycles. The van der Waals surface area contributed by atoms with Crippen LogP contribution in [0.5, 0.6) is 0 Å². The molecule has 0 aromatic heterocycles. The van der Waals surface area contributed by atoms with Gasteiger partial charge in [0.15, 0.2) is 0 Å². The quantitative estimate of drug-likeness (QED) is 0.666. The first-order valence-electron chi connectivity index (χ1n) is 10.0. The van der Waals surface area contributed by atoms with Crippen molar-refractivity contribution in [2.45, 2.75) is 69.8 Å². The molecule has 0 unspecified atom stereocenters. The van der Waals surface area contributed by atoms with Crippen molar-refractivity contribution in [1.29, 1.82) is 0 Å². The van der Waals surface area contributed by atoms with Crippen LogP contribution in [0.2, 0.25) is 0 Å². The Morgan fingerprint density at radius 3 is 2.28 bits per heavy atom. The average molecular weight is 419 g/mol. The molecule has 4 rings (SSSR count). The van der Waals surface area contributed by atoms with Crippen LogP contribution in [0.3, 0.4) is 0 Å². The van der Waals surface area contributed by atoms with Gasteiger partial charge in [-0.1, -0.05) is 15.9 Å². The maximum Gasteiger partial charge on any atom is 0.266 e. The first-order valence-corrected chi connectivity index (χ1v) is 11.2. The summed E-state index contributed by atoms with van der Waals surface area (Å²) >= 11 is 3.34. The highest BCUT2D eigenvalue weighted by molar-refractivity contribution is 9.09. The lowest BCUT2D eigenvalue weighted by atomic mass is 9.52. The summed E-state index contributed by atoms with van der Waals surface area (Å²) in [6.07, 6.45) is 5.30. The van der Waals surface area contributed by atoms with Gasteiger partial charge in [-0.05, 0) is 93.3 Å². The summed E-state index contributed by atoms with van der Waals surface area (Å²) in [6.45, 7) is 0. The van der Waals surface area contributed by atoms with Crippen LogP contribution < -0.4 is 0 Å². The fraction of sp³-hybridized carbons (Fsp3) is 0.950. The fourth-order valence-electron chi connectivity index (χ4n) is 7.26. The Bertz CT molecular complexity index is 528. The summed E-state index contributed by atoms with van der Waals surface area (Å²) in [4.78, 5) is 12.2. The summed E-state index contributed by atoms with van der Waals surface area (Å²) in [7, 11) is 0. The van der Waals surface area contributed by atoms with Crippen LogP contribution in [0.4, 0.5) is 8.78 Å². The third kappa shape index (κ3) is 3.01. The molecule has 4 aliphatic carbocycles. The molecule has 2 nitrogen and oxygen atoms in total. The molecule has 0 bridgehead atoms. The highest BCUT2D eigenvalue weighted by Crippen LogP contribution is 2.60. The summed E-state index contributed by atoms with van der Waals surface area (Å²) < 4.78 is 26.5. The number of rotatable bonds is 3. The lowest BCUT2D eigenvalue weighted by molar-refractivity contribution is -0.155. The van der Waals surface area contributed by atoms with Crippen LogP contribution in [-0.2, 0) is 4.79 Å². The molecular weight excluding hydrogens is 390 g/mol. The Kier molecular flexibility index (Phi) is 5.02. The molecule has 4 saturated carbocycles. The van der Waals surface area contributed by atoms with Crippen molar-refractivity contribution in [3.05, 3.63) is 0 Å². The second kappa shape index (κ2) is 6.85. The maximum absolute atomic E-state index is 13.2. The number of halogens is 3. The predicted octanol–water partition coefficient (Wildman–Crippen LogP) is 4.83. The lowest BCUT2D eigenvalue weighted by Crippen LogP contribution is -2.51. The Labute approximate surface area is 157 Å². The molecule has 0 radical (unpaired) electrons. The average Bonchev–Trinajstić information content (AvgIpc) is 3.04. The van der Waals surface area contributed by atoms with Gasteiger partial charge in [0, 0.05) is 5.92 Å². The Morgan fingerprint density at radius 1 is 0.960 bits per heavy atom. The van der Waals surface area contributed by atoms with Crippen molar-refractivity contribution in [3.63, 3.8) is 0 Å². The van der Waals surface area contributed by atoms with Gasteiger partial charge >= 0.3 is 0 Å². The van der Waals surface area contributed by atoms with Gasteiger partial charge in [-0.15, -0.1) is 0 Å². The van der Waals surface area contributed by atoms with Crippen molar-refractivity contribution in [3.8, 4) is 0 Å². The second-order valence-corrected chi connectivity index (χ2v) is 9.73. The van der Waals surface area contributed by atoms with Gasteiger partial charge < -0.3 is 5.11 Å². The monoisotopic (exact) mass is 418 g/mol. The zero-order valence-corrected chi connectivity index (χ0v) is 16.3. The van der Waals surface area contributed by atoms with E-state index in [1.165, 1.54) is 6.42 Å². The zero-order valence-electron chi connectivity index (χ0n) is 14.7. The van der Waals surface area contributed by atoms with Gasteiger partial charge in [-0.25, -0.2) is 8.78 Å². The molecule has 4 fully saturated rings. The van der Waals surface area contributed by atoms with Crippen molar-refractivity contribution >= 4 is 21.7 Å². The molecule has 0 aromatic rings. The van der Waals surface area contributed by atoms with E-state index in [0.29, 0.717) is 40.7 Å². The standard InChI is InChI=1S/C20H29BrF2O2/c21-10-18(24)17-6-5-15-14-2-1-11-9-20(25,19(22)23)8-7-12(11)13(14)3-4-16(15)17/h11-17,19,25H,1-10H2/t11-,12+,13-,14-,15+,16+,17+,20+/m1/s1. The largest absolute Gasteiger partial charge is 0.384 e. The van der Waals surface area contributed by atoms with Gasteiger partial charge in [0.1, 0.15) is 11.4 Å². The van der Waals surface area contributed by atoms with Crippen LogP contribution >= 0.6 is 15.9 Å². The highest BCUT2D eigenvalue weighted by atomic mass is 79.9. The number of hydrogen-bond acceptors (Lipinski definition) is 2. The maximum atomic E-state index is 13.2. The second-order valence-electron chi connectivity index (χ2n) is 9.16. The summed E-state index contributed by atoms with van der Waals surface area (Å²) in [6, 6.07) is 0. The van der Waals surface area contributed by atoms with Crippen LogP contribution in [-0.4, -0.2) is 28.2 Å². The van der Waals surface area contributed by atoms with E-state index < -0.39 is 12.0 Å². The normalized spacial score (nSPS) is 49.4. The van der Waals surface area contributed by atoms with E-state index in [1.807, 2.05) is 0 Å². The summed E-state index contributed by atoms with van der Waals surface area (Å²) in [5.74, 6) is 3.97. The van der Waals surface area contributed by atoms with E-state index in [-0.39, 0.29) is 24.7 Å². The van der Waals surface area contributed by atoms with E-state index in [9.17, 15) is 18.7 Å². The van der Waals surface area contributed by atoms with E-state index in [2.05, 4.69) is 15.9 Å². The number of Topliss-reactive ketones (excluding diaryl/α,β-unsaturated/α-hetero) is 1. The SMILES string of the molecule is O=C(CBr)[C@H]1CC[C@H]2[C@@H]3CC[C@@H]4C[C@](O)(C(F)F)CC[C@@H]4[C@H]3CC[C@@H]21. The van der Waals surface area contributed by atoms with Crippen LogP contribution in [0.1, 0.15) is 57.8 Å². The van der Waals surface area contributed by atoms with Crippen molar-refractivity contribution in [2.75, 3.05) is 5.33 Å². The van der Waals surface area contributed by atoms with Crippen LogP contribution in [0, 0.1) is 41.4 Å². The third-order valence-electron chi connectivity index (χ3n) is 8.31. The molecule has 1 N–H and O–H groups in total. The minimum atomic E-state index is -2.62. The first kappa shape index (κ1) is 18.3. The van der Waals surface area contributed by atoms with Crippen molar-refractivity contribution < 1.29 is 18.7 Å².